The molecule has 0 radical (unpaired) electrons. The van der Waals surface area contributed by atoms with E-state index in [0.717, 1.165) is 28.4 Å². The molecule has 0 unspecified atom stereocenters. The van der Waals surface area contributed by atoms with Crippen LogP contribution in [0.25, 0.3) is 38.6 Å². The molecule has 9 aromatic rings. The Balaban J connectivity index is 1.07. The van der Waals surface area contributed by atoms with Gasteiger partial charge in [0.05, 0.1) is 11.0 Å². The van der Waals surface area contributed by atoms with Crippen LogP contribution in [0.2, 0.25) is 0 Å². The maximum absolute atomic E-state index is 2.48. The first-order valence-corrected chi connectivity index (χ1v) is 20.9. The lowest BCUT2D eigenvalue weighted by atomic mass is 9.63. The topological polar surface area (TPSA) is 11.4 Å². The van der Waals surface area contributed by atoms with Crippen molar-refractivity contribution < 1.29 is 0 Å². The maximum Gasteiger partial charge on any atom is 0.0542 e. The maximum atomic E-state index is 2.48. The van der Waals surface area contributed by atoms with E-state index in [1.165, 1.54) is 68.3 Å². The van der Waals surface area contributed by atoms with Gasteiger partial charge in [-0.2, -0.15) is 0 Å². The largest absolute Gasteiger partial charge is 0.311 e. The smallest absolute Gasteiger partial charge is 0.0542 e. The lowest BCUT2D eigenvalue weighted by Gasteiger charge is -2.42. The first-order valence-electron chi connectivity index (χ1n) is 20.9. The van der Waals surface area contributed by atoms with Gasteiger partial charge in [0, 0.05) is 50.6 Å². The van der Waals surface area contributed by atoms with Crippen LogP contribution in [0.4, 0.5) is 34.1 Å². The molecule has 1 heterocycles. The number of benzene rings is 8. The van der Waals surface area contributed by atoms with Gasteiger partial charge in [-0.25, -0.2) is 0 Å². The van der Waals surface area contributed by atoms with Crippen LogP contribution in [-0.2, 0) is 10.8 Å². The van der Waals surface area contributed by atoms with Gasteiger partial charge >= 0.3 is 0 Å². The molecule has 0 aliphatic heterocycles. The number of fused-ring (bicyclic) bond motifs is 4. The quantitative estimate of drug-likeness (QED) is 0.153. The van der Waals surface area contributed by atoms with Crippen molar-refractivity contribution in [3.8, 4) is 16.8 Å². The van der Waals surface area contributed by atoms with Crippen LogP contribution in [0.5, 0.6) is 0 Å². The van der Waals surface area contributed by atoms with E-state index in [9.17, 15) is 0 Å². The van der Waals surface area contributed by atoms with Crippen molar-refractivity contribution in [1.82, 2.24) is 4.57 Å². The Kier molecular flexibility index (Phi) is 8.98. The Bertz CT molecular complexity index is 2870. The summed E-state index contributed by atoms with van der Waals surface area (Å²) in [5, 5.41) is 2.49. The number of para-hydroxylation sites is 4. The molecule has 1 aromatic heterocycles. The number of hydrogen-bond donors (Lipinski definition) is 0. The predicted octanol–water partition coefficient (Wildman–Crippen LogP) is 15.7. The molecule has 59 heavy (non-hydrogen) atoms. The van der Waals surface area contributed by atoms with Gasteiger partial charge in [-0.3, -0.25) is 0 Å². The summed E-state index contributed by atoms with van der Waals surface area (Å²) in [5.41, 5.74) is 15.9. The molecule has 8 aromatic carbocycles. The standard InChI is InChI=1S/C56H49N3/c1-55(2)36-37-56(3,4)52-39-48(32-34-51(52)55)58(47-33-35-54-50(38-47)49-22-14-15-23-53(49)59(54)44-20-12-7-13-21-44)46-30-26-41(27-31-46)40-24-28-45(29-25-40)57(42-16-8-5-9-17-42)43-18-10-6-11-19-43/h5-35,38-39H,36-37H2,1-4H3. The van der Waals surface area contributed by atoms with E-state index in [-0.39, 0.29) is 10.8 Å². The average molecular weight is 764 g/mol. The molecule has 0 saturated carbocycles. The molecule has 3 nitrogen and oxygen atoms in total. The van der Waals surface area contributed by atoms with Gasteiger partial charge in [0.25, 0.3) is 0 Å². The van der Waals surface area contributed by atoms with Crippen molar-refractivity contribution in [1.29, 1.82) is 0 Å². The summed E-state index contributed by atoms with van der Waals surface area (Å²) in [6.07, 6.45) is 2.36. The lowest BCUT2D eigenvalue weighted by molar-refractivity contribution is 0.332. The van der Waals surface area contributed by atoms with Crippen molar-refractivity contribution in [2.24, 2.45) is 0 Å². The molecule has 0 fully saturated rings. The van der Waals surface area contributed by atoms with Gasteiger partial charge in [-0.15, -0.1) is 0 Å². The summed E-state index contributed by atoms with van der Waals surface area (Å²) < 4.78 is 2.39. The molecule has 1 aliphatic rings. The van der Waals surface area contributed by atoms with Crippen LogP contribution in [0.3, 0.4) is 0 Å². The summed E-state index contributed by atoms with van der Waals surface area (Å²) in [5.74, 6) is 0. The number of rotatable bonds is 8. The highest BCUT2D eigenvalue weighted by molar-refractivity contribution is 6.10. The molecule has 3 heteroatoms. The van der Waals surface area contributed by atoms with Crippen LogP contribution in [-0.4, -0.2) is 4.57 Å². The van der Waals surface area contributed by atoms with Gasteiger partial charge in [-0.1, -0.05) is 131 Å². The van der Waals surface area contributed by atoms with Gasteiger partial charge in [-0.05, 0) is 143 Å². The fourth-order valence-corrected chi connectivity index (χ4v) is 9.33. The van der Waals surface area contributed by atoms with E-state index in [1.807, 2.05) is 0 Å². The molecule has 0 N–H and O–H groups in total. The third-order valence-corrected chi connectivity index (χ3v) is 12.6. The highest BCUT2D eigenvalue weighted by atomic mass is 15.1. The second kappa shape index (κ2) is 14.5. The molecule has 1 aliphatic carbocycles. The monoisotopic (exact) mass is 763 g/mol. The molecule has 0 bridgehead atoms. The van der Waals surface area contributed by atoms with E-state index >= 15 is 0 Å². The second-order valence-corrected chi connectivity index (χ2v) is 17.3. The van der Waals surface area contributed by atoms with Crippen LogP contribution < -0.4 is 9.80 Å². The minimum absolute atomic E-state index is 0.0895. The fourth-order valence-electron chi connectivity index (χ4n) is 9.33. The first-order chi connectivity index (χ1) is 28.7. The van der Waals surface area contributed by atoms with Crippen LogP contribution >= 0.6 is 0 Å². The summed E-state index contributed by atoms with van der Waals surface area (Å²) in [6, 6.07) is 72.9. The molecule has 0 spiro atoms. The Morgan fingerprint density at radius 1 is 0.356 bits per heavy atom. The normalized spacial score (nSPS) is 14.2. The zero-order chi connectivity index (χ0) is 40.1. The molecule has 0 amide bonds. The lowest BCUT2D eigenvalue weighted by Crippen LogP contribution is -2.34. The summed E-state index contributed by atoms with van der Waals surface area (Å²) in [6.45, 7) is 9.64. The SMILES string of the molecule is CC1(C)CCC(C)(C)c2cc(N(c3ccc(-c4ccc(N(c5ccccc5)c5ccccc5)cc4)cc3)c3ccc4c(c3)c3ccccc3n4-c3ccccc3)ccc21. The Hall–Kier alpha value is -6.84. The number of nitrogens with zero attached hydrogens (tertiary/aromatic N) is 3. The van der Waals surface area contributed by atoms with Crippen molar-refractivity contribution in [2.75, 3.05) is 9.80 Å². The minimum Gasteiger partial charge on any atom is -0.311 e. The minimum atomic E-state index is 0.0895. The van der Waals surface area contributed by atoms with Crippen molar-refractivity contribution >= 4 is 55.9 Å². The molecular weight excluding hydrogens is 715 g/mol. The van der Waals surface area contributed by atoms with E-state index < -0.39 is 0 Å². The van der Waals surface area contributed by atoms with Crippen molar-refractivity contribution in [3.63, 3.8) is 0 Å². The van der Waals surface area contributed by atoms with E-state index in [4.69, 9.17) is 0 Å². The van der Waals surface area contributed by atoms with Crippen molar-refractivity contribution in [2.45, 2.75) is 51.4 Å². The highest BCUT2D eigenvalue weighted by Crippen LogP contribution is 2.49. The fraction of sp³-hybridized carbons (Fsp3) is 0.143. The molecule has 288 valence electrons. The molecule has 10 rings (SSSR count). The molecule has 0 saturated heterocycles. The average Bonchev–Trinajstić information content (AvgIpc) is 3.61. The van der Waals surface area contributed by atoms with Crippen LogP contribution in [0.1, 0.15) is 51.7 Å². The molecule has 0 atom stereocenters. The molecular formula is C56H49N3. The van der Waals surface area contributed by atoms with Crippen molar-refractivity contribution in [3.05, 3.63) is 211 Å². The van der Waals surface area contributed by atoms with E-state index in [2.05, 4.69) is 242 Å². The third-order valence-electron chi connectivity index (χ3n) is 12.6. The Morgan fingerprint density at radius 3 is 1.37 bits per heavy atom. The number of hydrogen-bond acceptors (Lipinski definition) is 2. The van der Waals surface area contributed by atoms with E-state index in [0.29, 0.717) is 0 Å². The van der Waals surface area contributed by atoms with E-state index in [1.54, 1.807) is 0 Å². The summed E-state index contributed by atoms with van der Waals surface area (Å²) in [7, 11) is 0. The zero-order valence-corrected chi connectivity index (χ0v) is 34.3. The second-order valence-electron chi connectivity index (χ2n) is 17.3. The zero-order valence-electron chi connectivity index (χ0n) is 34.3. The van der Waals surface area contributed by atoms with Gasteiger partial charge in [0.2, 0.25) is 0 Å². The highest BCUT2D eigenvalue weighted by Gasteiger charge is 2.37. The van der Waals surface area contributed by atoms with Gasteiger partial charge < -0.3 is 14.4 Å². The van der Waals surface area contributed by atoms with Gasteiger partial charge in [0.15, 0.2) is 0 Å². The summed E-state index contributed by atoms with van der Waals surface area (Å²) >= 11 is 0. The number of anilines is 6. The predicted molar refractivity (Wildman–Crippen MR) is 251 cm³/mol. The first kappa shape index (κ1) is 36.5. The number of aromatic nitrogens is 1. The third kappa shape index (κ3) is 6.57. The Morgan fingerprint density at radius 2 is 0.780 bits per heavy atom. The van der Waals surface area contributed by atoms with Crippen LogP contribution in [0.15, 0.2) is 200 Å². The Labute approximate surface area is 348 Å². The summed E-state index contributed by atoms with van der Waals surface area (Å²) in [4.78, 5) is 4.76. The van der Waals surface area contributed by atoms with Gasteiger partial charge in [0.1, 0.15) is 0 Å². The van der Waals surface area contributed by atoms with Crippen LogP contribution in [0, 0.1) is 0 Å².